The second-order valence-corrected chi connectivity index (χ2v) is 10.4. The van der Waals surface area contributed by atoms with E-state index in [0.29, 0.717) is 42.0 Å². The van der Waals surface area contributed by atoms with Crippen LogP contribution in [0, 0.1) is 0 Å². The van der Waals surface area contributed by atoms with Crippen LogP contribution < -0.4 is 5.32 Å². The van der Waals surface area contributed by atoms with Gasteiger partial charge in [0.15, 0.2) is 5.13 Å². The summed E-state index contributed by atoms with van der Waals surface area (Å²) in [5.41, 5.74) is 1.70. The van der Waals surface area contributed by atoms with E-state index in [1.54, 1.807) is 18.2 Å². The van der Waals surface area contributed by atoms with E-state index in [2.05, 4.69) is 15.2 Å². The van der Waals surface area contributed by atoms with Crippen LogP contribution in [0.4, 0.5) is 5.13 Å². The zero-order valence-corrected chi connectivity index (χ0v) is 19.2. The van der Waals surface area contributed by atoms with Crippen LogP contribution in [0.15, 0.2) is 58.8 Å². The summed E-state index contributed by atoms with van der Waals surface area (Å²) < 4.78 is 27.4. The molecule has 1 N–H and O–H groups in total. The number of benzene rings is 2. The Labute approximate surface area is 190 Å². The summed E-state index contributed by atoms with van der Waals surface area (Å²) in [5.74, 6) is -0.421. The number of rotatable bonds is 5. The Morgan fingerprint density at radius 2 is 1.84 bits per heavy atom. The molecule has 0 aliphatic carbocycles. The maximum atomic E-state index is 13.0. The van der Waals surface area contributed by atoms with Gasteiger partial charge in [-0.05, 0) is 31.3 Å². The Morgan fingerprint density at radius 3 is 2.58 bits per heavy atom. The quantitative estimate of drug-likeness (QED) is 0.607. The molecular weight excluding hydrogens is 456 g/mol. The molecule has 0 atom stereocenters. The van der Waals surface area contributed by atoms with Gasteiger partial charge in [0.25, 0.3) is 5.91 Å². The van der Waals surface area contributed by atoms with Crippen LogP contribution in [0.1, 0.15) is 10.4 Å². The third-order valence-electron chi connectivity index (χ3n) is 5.07. The molecule has 3 aromatic rings. The topological polar surface area (TPSA) is 82.6 Å². The number of likely N-dealkylation sites (N-methyl/N-ethyl adjacent to an activating group) is 1. The van der Waals surface area contributed by atoms with Gasteiger partial charge in [-0.15, -0.1) is 11.3 Å². The van der Waals surface area contributed by atoms with Crippen molar-refractivity contribution in [3.8, 4) is 11.3 Å². The van der Waals surface area contributed by atoms with Crippen LogP contribution in [-0.2, 0) is 10.0 Å². The second kappa shape index (κ2) is 9.05. The lowest BCUT2D eigenvalue weighted by Gasteiger charge is -2.31. The van der Waals surface area contributed by atoms with Crippen molar-refractivity contribution in [2.75, 3.05) is 38.5 Å². The average Bonchev–Trinajstić information content (AvgIpc) is 3.22. The van der Waals surface area contributed by atoms with E-state index < -0.39 is 15.9 Å². The largest absolute Gasteiger partial charge is 0.304 e. The van der Waals surface area contributed by atoms with Crippen molar-refractivity contribution in [1.29, 1.82) is 0 Å². The van der Waals surface area contributed by atoms with Gasteiger partial charge in [0, 0.05) is 47.7 Å². The molecule has 1 aliphatic rings. The van der Waals surface area contributed by atoms with Gasteiger partial charge in [0.05, 0.1) is 10.6 Å². The van der Waals surface area contributed by atoms with Crippen LogP contribution in [-0.4, -0.2) is 61.7 Å². The Morgan fingerprint density at radius 1 is 1.10 bits per heavy atom. The Kier molecular flexibility index (Phi) is 6.40. The first-order valence-corrected chi connectivity index (χ1v) is 12.3. The molecule has 162 valence electrons. The van der Waals surface area contributed by atoms with E-state index in [0.717, 1.165) is 5.56 Å². The van der Waals surface area contributed by atoms with Gasteiger partial charge in [0.2, 0.25) is 10.0 Å². The number of aromatic nitrogens is 1. The molecule has 1 saturated heterocycles. The number of hydrogen-bond donors (Lipinski definition) is 1. The molecule has 0 unspecified atom stereocenters. The summed E-state index contributed by atoms with van der Waals surface area (Å²) in [5, 5.41) is 5.54. The highest BCUT2D eigenvalue weighted by Gasteiger charge is 2.28. The SMILES string of the molecule is CN1CCN(S(=O)(=O)c2cccc(C(=O)Nc3nc(-c4ccccc4Cl)cs3)c2)CC1. The van der Waals surface area contributed by atoms with Crippen molar-refractivity contribution in [3.63, 3.8) is 0 Å². The molecule has 10 heteroatoms. The predicted molar refractivity (Wildman–Crippen MR) is 123 cm³/mol. The lowest BCUT2D eigenvalue weighted by atomic mass is 10.2. The monoisotopic (exact) mass is 476 g/mol. The third-order valence-corrected chi connectivity index (χ3v) is 8.05. The molecule has 4 rings (SSSR count). The van der Waals surface area contributed by atoms with E-state index >= 15 is 0 Å². The molecule has 7 nitrogen and oxygen atoms in total. The fraction of sp³-hybridized carbons (Fsp3) is 0.238. The summed E-state index contributed by atoms with van der Waals surface area (Å²) in [6.07, 6.45) is 0. The molecule has 0 spiro atoms. The zero-order chi connectivity index (χ0) is 22.0. The molecule has 0 saturated carbocycles. The highest BCUT2D eigenvalue weighted by Crippen LogP contribution is 2.30. The van der Waals surface area contributed by atoms with Crippen molar-refractivity contribution >= 4 is 44.0 Å². The maximum absolute atomic E-state index is 13.0. The molecule has 1 aromatic heterocycles. The van der Waals surface area contributed by atoms with Crippen LogP contribution in [0.5, 0.6) is 0 Å². The number of anilines is 1. The first-order chi connectivity index (χ1) is 14.8. The second-order valence-electron chi connectivity index (χ2n) is 7.21. The van der Waals surface area contributed by atoms with Crippen LogP contribution in [0.3, 0.4) is 0 Å². The minimum absolute atomic E-state index is 0.112. The van der Waals surface area contributed by atoms with Crippen molar-refractivity contribution in [3.05, 3.63) is 64.5 Å². The molecule has 1 aliphatic heterocycles. The summed E-state index contributed by atoms with van der Waals surface area (Å²) >= 11 is 7.49. The zero-order valence-electron chi connectivity index (χ0n) is 16.8. The van der Waals surface area contributed by atoms with Gasteiger partial charge in [-0.1, -0.05) is 35.9 Å². The third kappa shape index (κ3) is 4.81. The molecule has 2 aromatic carbocycles. The number of nitrogens with one attached hydrogen (secondary N) is 1. The predicted octanol–water partition coefficient (Wildman–Crippen LogP) is 3.65. The Bertz CT molecular complexity index is 1200. The number of carbonyl (C=O) groups is 1. The molecule has 1 fully saturated rings. The van der Waals surface area contributed by atoms with Crippen molar-refractivity contribution in [2.24, 2.45) is 0 Å². The van der Waals surface area contributed by atoms with Crippen molar-refractivity contribution in [2.45, 2.75) is 4.90 Å². The molecule has 0 bridgehead atoms. The minimum atomic E-state index is -3.65. The maximum Gasteiger partial charge on any atom is 0.257 e. The van der Waals surface area contributed by atoms with E-state index in [-0.39, 0.29) is 10.5 Å². The van der Waals surface area contributed by atoms with E-state index in [1.807, 2.05) is 30.6 Å². The summed E-state index contributed by atoms with van der Waals surface area (Å²) in [6, 6.07) is 13.4. The number of amides is 1. The van der Waals surface area contributed by atoms with E-state index in [4.69, 9.17) is 11.6 Å². The Hall–Kier alpha value is -2.30. The van der Waals surface area contributed by atoms with Gasteiger partial charge in [0.1, 0.15) is 0 Å². The number of thiazole rings is 1. The highest BCUT2D eigenvalue weighted by atomic mass is 35.5. The first-order valence-electron chi connectivity index (χ1n) is 9.65. The van der Waals surface area contributed by atoms with E-state index in [1.165, 1.54) is 27.8 Å². The standard InChI is InChI=1S/C21H21ClN4O3S2/c1-25-9-11-26(12-10-25)31(28,29)16-6-4-5-15(13-16)20(27)24-21-23-19(14-30-21)17-7-2-3-8-18(17)22/h2-8,13-14H,9-12H2,1H3,(H,23,24,27). The first kappa shape index (κ1) is 21.9. The number of carbonyl (C=O) groups excluding carboxylic acids is 1. The van der Waals surface area contributed by atoms with Gasteiger partial charge < -0.3 is 4.90 Å². The number of sulfonamides is 1. The normalized spacial score (nSPS) is 15.7. The molecular formula is C21H21ClN4O3S2. The fourth-order valence-electron chi connectivity index (χ4n) is 3.27. The molecule has 2 heterocycles. The highest BCUT2D eigenvalue weighted by molar-refractivity contribution is 7.89. The summed E-state index contributed by atoms with van der Waals surface area (Å²) in [4.78, 5) is 19.4. The fourth-order valence-corrected chi connectivity index (χ4v) is 5.68. The summed E-state index contributed by atoms with van der Waals surface area (Å²) in [7, 11) is -1.69. The average molecular weight is 477 g/mol. The number of piperazine rings is 1. The van der Waals surface area contributed by atoms with Crippen molar-refractivity contribution in [1.82, 2.24) is 14.2 Å². The van der Waals surface area contributed by atoms with E-state index in [9.17, 15) is 13.2 Å². The van der Waals surface area contributed by atoms with Gasteiger partial charge >= 0.3 is 0 Å². The van der Waals surface area contributed by atoms with Crippen molar-refractivity contribution < 1.29 is 13.2 Å². The molecule has 1 amide bonds. The smallest absolute Gasteiger partial charge is 0.257 e. The lowest BCUT2D eigenvalue weighted by molar-refractivity contribution is 0.102. The number of halogens is 1. The minimum Gasteiger partial charge on any atom is -0.304 e. The van der Waals surface area contributed by atoms with Gasteiger partial charge in [-0.3, -0.25) is 10.1 Å². The van der Waals surface area contributed by atoms with Crippen LogP contribution in [0.25, 0.3) is 11.3 Å². The molecule has 31 heavy (non-hydrogen) atoms. The van der Waals surface area contributed by atoms with Crippen LogP contribution >= 0.6 is 22.9 Å². The Balaban J connectivity index is 1.51. The number of hydrogen-bond acceptors (Lipinski definition) is 6. The molecule has 0 radical (unpaired) electrons. The number of nitrogens with zero attached hydrogens (tertiary/aromatic N) is 3. The lowest BCUT2D eigenvalue weighted by Crippen LogP contribution is -2.47. The van der Waals surface area contributed by atoms with Crippen LogP contribution in [0.2, 0.25) is 5.02 Å². The van der Waals surface area contributed by atoms with Gasteiger partial charge in [-0.25, -0.2) is 13.4 Å². The summed E-state index contributed by atoms with van der Waals surface area (Å²) in [6.45, 7) is 2.22. The van der Waals surface area contributed by atoms with Gasteiger partial charge in [-0.2, -0.15) is 4.31 Å².